The molecule has 0 bridgehead atoms. The van der Waals surface area contributed by atoms with Gasteiger partial charge in [0.05, 0.1) is 11.6 Å². The van der Waals surface area contributed by atoms with Crippen LogP contribution < -0.4 is 5.32 Å². The number of rotatable bonds is 8. The highest BCUT2D eigenvalue weighted by molar-refractivity contribution is 6.25. The molecular weight excluding hydrogens is 568 g/mol. The number of likely N-dealkylation sites (N-methyl/N-ethyl adjacent to an activating group) is 1. The standard InChI is InChI=1S/C33H36N2O9/c1-16(36)24-29(39)27(35(2)3)22-15-19-14-21-20(17-7-5-8-18(13-17)32(42)34-11-6-12-44-4)9-10-23(37)26(21)28(38)25(19)31(41)33(22,43)30(24)40/h5,7-10,13,19,22,27,37,39,41,43H,6,11-12,14-15H2,1-4H3,(H,34,42)/t19-,22-,27-,33+/m0/s1. The average molecular weight is 605 g/mol. The number of ether oxygens (including phenoxy) is 1. The number of amides is 1. The topological polar surface area (TPSA) is 174 Å². The van der Waals surface area contributed by atoms with Crippen LogP contribution in [0.2, 0.25) is 0 Å². The lowest BCUT2D eigenvalue weighted by atomic mass is 9.58. The molecule has 44 heavy (non-hydrogen) atoms. The summed E-state index contributed by atoms with van der Waals surface area (Å²) in [6.07, 6.45) is 0.826. The highest BCUT2D eigenvalue weighted by Gasteiger charge is 2.63. The van der Waals surface area contributed by atoms with E-state index in [9.17, 15) is 39.6 Å². The van der Waals surface area contributed by atoms with E-state index in [-0.39, 0.29) is 35.6 Å². The Kier molecular flexibility index (Phi) is 8.23. The van der Waals surface area contributed by atoms with Crippen molar-refractivity contribution < 1.29 is 44.3 Å². The van der Waals surface area contributed by atoms with Crippen LogP contribution in [0.1, 0.15) is 46.0 Å². The number of methoxy groups -OCH3 is 1. The van der Waals surface area contributed by atoms with Crippen molar-refractivity contribution >= 4 is 23.3 Å². The number of Topliss-reactive ketones (excluding diaryl/α,β-unsaturated/α-hetero) is 3. The lowest BCUT2D eigenvalue weighted by Crippen LogP contribution is -2.63. The lowest BCUT2D eigenvalue weighted by molar-refractivity contribution is -0.148. The molecule has 0 spiro atoms. The molecule has 0 fully saturated rings. The SMILES string of the molecule is COCCCNC(=O)c1cccc(-c2ccc(O)c3c2C[C@H]2C[C@H]4[C@H](N(C)C)C(O)=C(C(C)=O)C(=O)[C@@]4(O)C(O)=C2C3=O)c1. The van der Waals surface area contributed by atoms with Crippen LogP contribution in [-0.4, -0.2) is 94.6 Å². The second-order valence-electron chi connectivity index (χ2n) is 11.8. The van der Waals surface area contributed by atoms with E-state index in [0.717, 1.165) is 6.92 Å². The van der Waals surface area contributed by atoms with Crippen molar-refractivity contribution in [1.82, 2.24) is 10.2 Å². The summed E-state index contributed by atoms with van der Waals surface area (Å²) in [4.78, 5) is 54.3. The number of phenolic OH excluding ortho intramolecular Hbond substituents is 1. The minimum absolute atomic E-state index is 0.0178. The van der Waals surface area contributed by atoms with E-state index in [4.69, 9.17) is 4.74 Å². The summed E-state index contributed by atoms with van der Waals surface area (Å²) in [5.41, 5.74) is -1.39. The van der Waals surface area contributed by atoms with Gasteiger partial charge in [0, 0.05) is 37.3 Å². The number of aliphatic hydroxyl groups excluding tert-OH is 2. The first-order valence-corrected chi connectivity index (χ1v) is 14.4. The van der Waals surface area contributed by atoms with Gasteiger partial charge in [-0.15, -0.1) is 0 Å². The Bertz CT molecular complexity index is 1640. The fourth-order valence-corrected chi connectivity index (χ4v) is 6.97. The maximum atomic E-state index is 14.0. The molecule has 0 saturated heterocycles. The molecule has 5 N–H and O–H groups in total. The second kappa shape index (κ2) is 11.6. The van der Waals surface area contributed by atoms with E-state index in [2.05, 4.69) is 5.32 Å². The van der Waals surface area contributed by atoms with Gasteiger partial charge in [0.25, 0.3) is 5.91 Å². The van der Waals surface area contributed by atoms with E-state index in [1.165, 1.54) is 6.07 Å². The van der Waals surface area contributed by atoms with Crippen molar-refractivity contribution in [3.8, 4) is 16.9 Å². The minimum atomic E-state index is -2.63. The zero-order valence-corrected chi connectivity index (χ0v) is 25.0. The number of aliphatic hydroxyl groups is 3. The lowest BCUT2D eigenvalue weighted by Gasteiger charge is -2.50. The number of phenols is 1. The summed E-state index contributed by atoms with van der Waals surface area (Å²) in [7, 11) is 4.81. The molecule has 11 nitrogen and oxygen atoms in total. The van der Waals surface area contributed by atoms with Crippen LogP contribution in [0.5, 0.6) is 5.75 Å². The Morgan fingerprint density at radius 2 is 1.84 bits per heavy atom. The Morgan fingerprint density at radius 3 is 2.50 bits per heavy atom. The zero-order valence-electron chi connectivity index (χ0n) is 25.0. The number of ketones is 3. The van der Waals surface area contributed by atoms with E-state index in [0.29, 0.717) is 41.8 Å². The van der Waals surface area contributed by atoms with Crippen molar-refractivity contribution in [3.63, 3.8) is 0 Å². The van der Waals surface area contributed by atoms with Gasteiger partial charge in [-0.1, -0.05) is 18.2 Å². The summed E-state index contributed by atoms with van der Waals surface area (Å²) >= 11 is 0. The number of hydrogen-bond donors (Lipinski definition) is 5. The van der Waals surface area contributed by atoms with Crippen LogP contribution in [0, 0.1) is 11.8 Å². The molecule has 0 saturated carbocycles. The molecule has 11 heteroatoms. The van der Waals surface area contributed by atoms with Gasteiger partial charge in [-0.2, -0.15) is 0 Å². The summed E-state index contributed by atoms with van der Waals surface area (Å²) in [6.45, 7) is 2.02. The molecule has 0 heterocycles. The predicted octanol–water partition coefficient (Wildman–Crippen LogP) is 2.66. The number of carbonyl (C=O) groups excluding carboxylic acids is 4. The Morgan fingerprint density at radius 1 is 1.11 bits per heavy atom. The molecule has 0 aliphatic heterocycles. The zero-order chi connectivity index (χ0) is 32.1. The maximum Gasteiger partial charge on any atom is 0.251 e. The molecule has 0 unspecified atom stereocenters. The summed E-state index contributed by atoms with van der Waals surface area (Å²) in [5.74, 6) is -6.42. The summed E-state index contributed by atoms with van der Waals surface area (Å²) < 4.78 is 5.02. The third-order valence-corrected chi connectivity index (χ3v) is 8.96. The molecule has 5 rings (SSSR count). The molecule has 2 aromatic rings. The third kappa shape index (κ3) is 4.81. The molecule has 3 aliphatic rings. The van der Waals surface area contributed by atoms with Gasteiger partial charge >= 0.3 is 0 Å². The minimum Gasteiger partial charge on any atom is -0.510 e. The smallest absolute Gasteiger partial charge is 0.251 e. The van der Waals surface area contributed by atoms with Gasteiger partial charge in [-0.25, -0.2) is 0 Å². The number of nitrogens with zero attached hydrogens (tertiary/aromatic N) is 1. The van der Waals surface area contributed by atoms with Crippen LogP contribution in [0.4, 0.5) is 0 Å². The van der Waals surface area contributed by atoms with Crippen LogP contribution in [-0.2, 0) is 20.7 Å². The molecule has 4 atom stereocenters. The molecule has 3 aliphatic carbocycles. The normalized spacial score (nSPS) is 24.6. The van der Waals surface area contributed by atoms with E-state index >= 15 is 0 Å². The monoisotopic (exact) mass is 604 g/mol. The number of nitrogens with one attached hydrogen (secondary N) is 1. The molecule has 1 amide bonds. The summed E-state index contributed by atoms with van der Waals surface area (Å²) in [6, 6.07) is 8.88. The molecular formula is C33H36N2O9. The number of allylic oxidation sites excluding steroid dienone is 1. The number of carbonyl (C=O) groups is 4. The molecule has 0 radical (unpaired) electrons. The highest BCUT2D eigenvalue weighted by atomic mass is 16.5. The van der Waals surface area contributed by atoms with Crippen LogP contribution in [0.25, 0.3) is 11.1 Å². The van der Waals surface area contributed by atoms with Crippen LogP contribution in [0.3, 0.4) is 0 Å². The fraction of sp³-hybridized carbons (Fsp3) is 0.394. The van der Waals surface area contributed by atoms with Crippen molar-refractivity contribution in [3.05, 3.63) is 75.8 Å². The number of benzene rings is 2. The van der Waals surface area contributed by atoms with Crippen LogP contribution >= 0.6 is 0 Å². The first kappa shape index (κ1) is 31.1. The van der Waals surface area contributed by atoms with Crippen LogP contribution in [0.15, 0.2) is 59.1 Å². The first-order chi connectivity index (χ1) is 20.8. The molecule has 232 valence electrons. The maximum absolute atomic E-state index is 14.0. The number of hydrogen-bond acceptors (Lipinski definition) is 10. The van der Waals surface area contributed by atoms with Gasteiger partial charge < -0.3 is 30.5 Å². The van der Waals surface area contributed by atoms with E-state index < -0.39 is 57.9 Å². The summed E-state index contributed by atoms with van der Waals surface area (Å²) in [5, 5.41) is 48.0. The number of aromatic hydroxyl groups is 1. The quantitative estimate of drug-likeness (QED) is 0.223. The van der Waals surface area contributed by atoms with Crippen molar-refractivity contribution in [2.45, 2.75) is 37.8 Å². The Labute approximate surface area is 254 Å². The predicted molar refractivity (Wildman–Crippen MR) is 159 cm³/mol. The Balaban J connectivity index is 1.60. The van der Waals surface area contributed by atoms with Gasteiger partial charge in [0.15, 0.2) is 17.2 Å². The van der Waals surface area contributed by atoms with Gasteiger partial charge in [-0.3, -0.25) is 24.1 Å². The van der Waals surface area contributed by atoms with Gasteiger partial charge in [0.2, 0.25) is 5.78 Å². The molecule has 0 aromatic heterocycles. The van der Waals surface area contributed by atoms with Crippen molar-refractivity contribution in [1.29, 1.82) is 0 Å². The largest absolute Gasteiger partial charge is 0.510 e. The van der Waals surface area contributed by atoms with E-state index in [1.807, 2.05) is 0 Å². The third-order valence-electron chi connectivity index (χ3n) is 8.96. The highest BCUT2D eigenvalue weighted by Crippen LogP contribution is 2.53. The van der Waals surface area contributed by atoms with Gasteiger partial charge in [-0.05, 0) is 81.1 Å². The first-order valence-electron chi connectivity index (χ1n) is 14.4. The fourth-order valence-electron chi connectivity index (χ4n) is 6.97. The second-order valence-corrected chi connectivity index (χ2v) is 11.8. The Hall–Kier alpha value is -4.32. The average Bonchev–Trinajstić information content (AvgIpc) is 2.97. The van der Waals surface area contributed by atoms with Gasteiger partial charge in [0.1, 0.15) is 22.8 Å². The van der Waals surface area contributed by atoms with E-state index in [1.54, 1.807) is 56.4 Å². The number of fused-ring (bicyclic) bond motifs is 3. The van der Waals surface area contributed by atoms with Crippen molar-refractivity contribution in [2.24, 2.45) is 11.8 Å². The molecule has 2 aromatic carbocycles. The van der Waals surface area contributed by atoms with Crippen molar-refractivity contribution in [2.75, 3.05) is 34.4 Å².